The SMILES string of the molecule is COc1ccc(OC)c2c1C(N)CC2(C)C. The molecule has 2 rings (SSSR count). The fourth-order valence-corrected chi connectivity index (χ4v) is 2.75. The predicted octanol–water partition coefficient (Wildman–Crippen LogP) is 2.38. The summed E-state index contributed by atoms with van der Waals surface area (Å²) >= 11 is 0. The van der Waals surface area contributed by atoms with Crippen molar-refractivity contribution in [1.29, 1.82) is 0 Å². The third-order valence-corrected chi connectivity index (χ3v) is 3.38. The van der Waals surface area contributed by atoms with Crippen LogP contribution in [-0.4, -0.2) is 14.2 Å². The largest absolute Gasteiger partial charge is 0.496 e. The first-order valence-electron chi connectivity index (χ1n) is 5.52. The molecule has 0 bridgehead atoms. The van der Waals surface area contributed by atoms with Crippen molar-refractivity contribution in [3.05, 3.63) is 23.3 Å². The van der Waals surface area contributed by atoms with Crippen molar-refractivity contribution >= 4 is 0 Å². The van der Waals surface area contributed by atoms with Gasteiger partial charge < -0.3 is 15.2 Å². The zero-order chi connectivity index (χ0) is 11.9. The van der Waals surface area contributed by atoms with Crippen molar-refractivity contribution < 1.29 is 9.47 Å². The molecule has 1 atom stereocenters. The highest BCUT2D eigenvalue weighted by atomic mass is 16.5. The zero-order valence-corrected chi connectivity index (χ0v) is 10.3. The molecule has 1 aliphatic rings. The highest BCUT2D eigenvalue weighted by Crippen LogP contribution is 2.51. The summed E-state index contributed by atoms with van der Waals surface area (Å²) < 4.78 is 10.8. The Bertz CT molecular complexity index is 413. The second-order valence-electron chi connectivity index (χ2n) is 4.95. The van der Waals surface area contributed by atoms with Crippen molar-refractivity contribution in [3.8, 4) is 11.5 Å². The zero-order valence-electron chi connectivity index (χ0n) is 10.3. The summed E-state index contributed by atoms with van der Waals surface area (Å²) in [5.41, 5.74) is 8.54. The minimum Gasteiger partial charge on any atom is -0.496 e. The summed E-state index contributed by atoms with van der Waals surface area (Å²) in [5, 5.41) is 0. The molecule has 88 valence electrons. The minimum absolute atomic E-state index is 0.0371. The monoisotopic (exact) mass is 221 g/mol. The summed E-state index contributed by atoms with van der Waals surface area (Å²) in [4.78, 5) is 0. The first-order chi connectivity index (χ1) is 7.51. The van der Waals surface area contributed by atoms with Crippen molar-refractivity contribution in [2.24, 2.45) is 5.73 Å². The van der Waals surface area contributed by atoms with Crippen molar-refractivity contribution in [2.75, 3.05) is 14.2 Å². The molecule has 2 N–H and O–H groups in total. The topological polar surface area (TPSA) is 44.5 Å². The molecule has 0 aliphatic heterocycles. The molecule has 0 fully saturated rings. The number of nitrogens with two attached hydrogens (primary N) is 1. The van der Waals surface area contributed by atoms with Crippen molar-refractivity contribution in [2.45, 2.75) is 31.7 Å². The molecular formula is C13H19NO2. The Kier molecular flexibility index (Phi) is 2.58. The Morgan fingerprint density at radius 3 is 2.31 bits per heavy atom. The molecule has 16 heavy (non-hydrogen) atoms. The lowest BCUT2D eigenvalue weighted by Crippen LogP contribution is -2.15. The number of ether oxygens (including phenoxy) is 2. The molecule has 0 spiro atoms. The molecule has 0 aromatic heterocycles. The highest BCUT2D eigenvalue weighted by molar-refractivity contribution is 5.56. The molecule has 0 radical (unpaired) electrons. The summed E-state index contributed by atoms with van der Waals surface area (Å²) in [6, 6.07) is 3.92. The fraction of sp³-hybridized carbons (Fsp3) is 0.538. The number of benzene rings is 1. The molecule has 1 aliphatic carbocycles. The van der Waals surface area contributed by atoms with Gasteiger partial charge in [0.25, 0.3) is 0 Å². The predicted molar refractivity (Wildman–Crippen MR) is 64.1 cm³/mol. The molecule has 1 aromatic carbocycles. The lowest BCUT2D eigenvalue weighted by Gasteiger charge is -2.21. The molecule has 1 unspecified atom stereocenters. The molecule has 1 aromatic rings. The van der Waals surface area contributed by atoms with Gasteiger partial charge in [-0.05, 0) is 24.0 Å². The fourth-order valence-electron chi connectivity index (χ4n) is 2.75. The van der Waals surface area contributed by atoms with Crippen LogP contribution < -0.4 is 15.2 Å². The van der Waals surface area contributed by atoms with E-state index < -0.39 is 0 Å². The van der Waals surface area contributed by atoms with Gasteiger partial charge in [-0.15, -0.1) is 0 Å². The number of methoxy groups -OCH3 is 2. The minimum atomic E-state index is 0.0371. The van der Waals surface area contributed by atoms with E-state index in [1.807, 2.05) is 12.1 Å². The standard InChI is InChI=1S/C13H19NO2/c1-13(2)7-8(14)11-9(15-3)5-6-10(16-4)12(11)13/h5-6,8H,7,14H2,1-4H3. The second-order valence-corrected chi connectivity index (χ2v) is 4.95. The Morgan fingerprint density at radius 1 is 1.19 bits per heavy atom. The maximum absolute atomic E-state index is 6.19. The van der Waals surface area contributed by atoms with Crippen LogP contribution in [0.3, 0.4) is 0 Å². The quantitative estimate of drug-likeness (QED) is 0.834. The van der Waals surface area contributed by atoms with Crippen LogP contribution in [0.1, 0.15) is 37.4 Å². The van der Waals surface area contributed by atoms with Crippen LogP contribution in [0.5, 0.6) is 11.5 Å². The van der Waals surface area contributed by atoms with E-state index in [1.165, 1.54) is 5.56 Å². The maximum atomic E-state index is 6.19. The van der Waals surface area contributed by atoms with Crippen LogP contribution in [0.15, 0.2) is 12.1 Å². The molecule has 0 amide bonds. The number of hydrogen-bond acceptors (Lipinski definition) is 3. The average Bonchev–Trinajstić information content (AvgIpc) is 2.49. The van der Waals surface area contributed by atoms with E-state index in [4.69, 9.17) is 15.2 Å². The van der Waals surface area contributed by atoms with Gasteiger partial charge in [0.15, 0.2) is 0 Å². The van der Waals surface area contributed by atoms with Crippen LogP contribution in [0.25, 0.3) is 0 Å². The van der Waals surface area contributed by atoms with Gasteiger partial charge in [-0.2, -0.15) is 0 Å². The summed E-state index contributed by atoms with van der Waals surface area (Å²) in [7, 11) is 3.38. The summed E-state index contributed by atoms with van der Waals surface area (Å²) in [5.74, 6) is 1.78. The highest BCUT2D eigenvalue weighted by Gasteiger charge is 2.39. The third-order valence-electron chi connectivity index (χ3n) is 3.38. The van der Waals surface area contributed by atoms with Gasteiger partial charge in [0, 0.05) is 17.2 Å². The van der Waals surface area contributed by atoms with Gasteiger partial charge >= 0.3 is 0 Å². The van der Waals surface area contributed by atoms with Crippen LogP contribution in [-0.2, 0) is 5.41 Å². The lowest BCUT2D eigenvalue weighted by atomic mass is 9.86. The number of rotatable bonds is 2. The molecule has 3 nitrogen and oxygen atoms in total. The maximum Gasteiger partial charge on any atom is 0.124 e. The first-order valence-corrected chi connectivity index (χ1v) is 5.52. The van der Waals surface area contributed by atoms with Gasteiger partial charge in [-0.1, -0.05) is 13.8 Å². The van der Waals surface area contributed by atoms with Gasteiger partial charge in [0.1, 0.15) is 11.5 Å². The van der Waals surface area contributed by atoms with Gasteiger partial charge in [-0.3, -0.25) is 0 Å². The Hall–Kier alpha value is -1.22. The van der Waals surface area contributed by atoms with Gasteiger partial charge in [0.05, 0.1) is 14.2 Å². The molecule has 0 saturated carbocycles. The first kappa shape index (κ1) is 11.3. The molecule has 0 saturated heterocycles. The molecule has 3 heteroatoms. The van der Waals surface area contributed by atoms with Crippen molar-refractivity contribution in [1.82, 2.24) is 0 Å². The Balaban J connectivity index is 2.69. The van der Waals surface area contributed by atoms with E-state index in [9.17, 15) is 0 Å². The summed E-state index contributed by atoms with van der Waals surface area (Å²) in [6.45, 7) is 4.39. The molecular weight excluding hydrogens is 202 g/mol. The van der Waals surface area contributed by atoms with Crippen LogP contribution >= 0.6 is 0 Å². The molecule has 0 heterocycles. The Labute approximate surface area is 96.5 Å². The van der Waals surface area contributed by atoms with E-state index >= 15 is 0 Å². The average molecular weight is 221 g/mol. The second kappa shape index (κ2) is 3.67. The van der Waals surface area contributed by atoms with Crippen LogP contribution in [0.2, 0.25) is 0 Å². The number of hydrogen-bond donors (Lipinski definition) is 1. The van der Waals surface area contributed by atoms with Gasteiger partial charge in [-0.25, -0.2) is 0 Å². The van der Waals surface area contributed by atoms with Crippen LogP contribution in [0, 0.1) is 0 Å². The van der Waals surface area contributed by atoms with Crippen molar-refractivity contribution in [3.63, 3.8) is 0 Å². The van der Waals surface area contributed by atoms with E-state index in [1.54, 1.807) is 14.2 Å². The third kappa shape index (κ3) is 1.47. The van der Waals surface area contributed by atoms with Crippen LogP contribution in [0.4, 0.5) is 0 Å². The van der Waals surface area contributed by atoms with E-state index in [-0.39, 0.29) is 11.5 Å². The van der Waals surface area contributed by atoms with E-state index in [0.29, 0.717) is 0 Å². The summed E-state index contributed by atoms with van der Waals surface area (Å²) in [6.07, 6.45) is 0.930. The smallest absolute Gasteiger partial charge is 0.124 e. The normalized spacial score (nSPS) is 21.7. The van der Waals surface area contributed by atoms with E-state index in [2.05, 4.69) is 13.8 Å². The van der Waals surface area contributed by atoms with Gasteiger partial charge in [0.2, 0.25) is 0 Å². The van der Waals surface area contributed by atoms with E-state index in [0.717, 1.165) is 23.5 Å². The number of fused-ring (bicyclic) bond motifs is 1. The lowest BCUT2D eigenvalue weighted by molar-refractivity contribution is 0.388. The Morgan fingerprint density at radius 2 is 1.75 bits per heavy atom.